The summed E-state index contributed by atoms with van der Waals surface area (Å²) < 4.78 is 31.8. The molecule has 1 N–H and O–H groups in total. The molecule has 4 heteroatoms. The van der Waals surface area contributed by atoms with Crippen LogP contribution in [0.25, 0.3) is 0 Å². The summed E-state index contributed by atoms with van der Waals surface area (Å²) in [7, 11) is 1.92. The lowest BCUT2D eigenvalue weighted by molar-refractivity contribution is 0.0926. The van der Waals surface area contributed by atoms with Gasteiger partial charge in [0.1, 0.15) is 11.9 Å². The maximum atomic E-state index is 13.1. The molecule has 1 aromatic carbocycles. The van der Waals surface area contributed by atoms with E-state index >= 15 is 0 Å². The van der Waals surface area contributed by atoms with Crippen LogP contribution < -0.4 is 10.1 Å². The first-order valence-electron chi connectivity index (χ1n) is 6.47. The van der Waals surface area contributed by atoms with Gasteiger partial charge in [0.2, 0.25) is 0 Å². The van der Waals surface area contributed by atoms with Crippen LogP contribution in [-0.2, 0) is 0 Å². The molecule has 100 valence electrons. The maximum absolute atomic E-state index is 13.1. The molecular formula is C14H19F2NO. The third-order valence-electron chi connectivity index (χ3n) is 3.48. The Morgan fingerprint density at radius 3 is 2.72 bits per heavy atom. The fraction of sp³-hybridized carbons (Fsp3) is 0.571. The minimum atomic E-state index is -0.853. The number of hydrogen-bond donors (Lipinski definition) is 1. The van der Waals surface area contributed by atoms with Crippen molar-refractivity contribution in [3.8, 4) is 5.75 Å². The van der Waals surface area contributed by atoms with Gasteiger partial charge in [-0.05, 0) is 38.4 Å². The lowest BCUT2D eigenvalue weighted by atomic mass is 9.86. The molecule has 1 fully saturated rings. The van der Waals surface area contributed by atoms with Crippen LogP contribution in [0.5, 0.6) is 5.75 Å². The number of rotatable bonds is 4. The monoisotopic (exact) mass is 255 g/mol. The molecule has 18 heavy (non-hydrogen) atoms. The molecule has 2 rings (SSSR count). The van der Waals surface area contributed by atoms with Gasteiger partial charge in [0, 0.05) is 18.5 Å². The van der Waals surface area contributed by atoms with Crippen LogP contribution in [0.15, 0.2) is 18.2 Å². The summed E-state index contributed by atoms with van der Waals surface area (Å²) in [5.74, 6) is -0.829. The van der Waals surface area contributed by atoms with Gasteiger partial charge in [0.25, 0.3) is 0 Å². The van der Waals surface area contributed by atoms with E-state index in [2.05, 4.69) is 5.32 Å². The molecule has 0 amide bonds. The van der Waals surface area contributed by atoms with Gasteiger partial charge in [-0.15, -0.1) is 0 Å². The fourth-order valence-electron chi connectivity index (χ4n) is 2.55. The third kappa shape index (κ3) is 3.19. The highest BCUT2D eigenvalue weighted by atomic mass is 19.2. The first kappa shape index (κ1) is 13.3. The summed E-state index contributed by atoms with van der Waals surface area (Å²) in [6.07, 6.45) is 4.54. The van der Waals surface area contributed by atoms with E-state index in [4.69, 9.17) is 4.74 Å². The van der Waals surface area contributed by atoms with Crippen molar-refractivity contribution >= 4 is 0 Å². The lowest BCUT2D eigenvalue weighted by Crippen LogP contribution is -2.36. The van der Waals surface area contributed by atoms with Gasteiger partial charge in [0.05, 0.1) is 0 Å². The molecule has 0 aromatic heterocycles. The predicted octanol–water partition coefficient (Wildman–Crippen LogP) is 3.12. The van der Waals surface area contributed by atoms with Gasteiger partial charge in [0.15, 0.2) is 11.6 Å². The van der Waals surface area contributed by atoms with E-state index < -0.39 is 11.6 Å². The fourth-order valence-corrected chi connectivity index (χ4v) is 2.55. The minimum Gasteiger partial charge on any atom is -0.490 e. The number of halogens is 2. The SMILES string of the molecule is CNCC1CCCCC1Oc1ccc(F)c(F)c1. The standard InChI is InChI=1S/C14H19F2NO/c1-17-9-10-4-2-3-5-14(10)18-11-6-7-12(15)13(16)8-11/h6-8,10,14,17H,2-5,9H2,1H3. The average Bonchev–Trinajstić information content (AvgIpc) is 2.37. The van der Waals surface area contributed by atoms with Crippen molar-refractivity contribution in [3.05, 3.63) is 29.8 Å². The van der Waals surface area contributed by atoms with Crippen LogP contribution in [0.4, 0.5) is 8.78 Å². The molecule has 2 unspecified atom stereocenters. The van der Waals surface area contributed by atoms with Crippen LogP contribution in [0, 0.1) is 17.6 Å². The van der Waals surface area contributed by atoms with E-state index in [1.165, 1.54) is 12.5 Å². The van der Waals surface area contributed by atoms with Gasteiger partial charge in [-0.3, -0.25) is 0 Å². The van der Waals surface area contributed by atoms with Crippen molar-refractivity contribution in [2.24, 2.45) is 5.92 Å². The van der Waals surface area contributed by atoms with Crippen molar-refractivity contribution < 1.29 is 13.5 Å². The Morgan fingerprint density at radius 1 is 1.22 bits per heavy atom. The van der Waals surface area contributed by atoms with Crippen LogP contribution in [-0.4, -0.2) is 19.7 Å². The second-order valence-corrected chi connectivity index (χ2v) is 4.83. The van der Waals surface area contributed by atoms with E-state index in [1.807, 2.05) is 7.05 Å². The maximum Gasteiger partial charge on any atom is 0.162 e. The van der Waals surface area contributed by atoms with E-state index in [0.29, 0.717) is 11.7 Å². The normalized spacial score (nSPS) is 23.9. The zero-order valence-electron chi connectivity index (χ0n) is 10.6. The third-order valence-corrected chi connectivity index (χ3v) is 3.48. The quantitative estimate of drug-likeness (QED) is 0.892. The van der Waals surface area contributed by atoms with Gasteiger partial charge in [-0.1, -0.05) is 6.42 Å². The molecule has 1 aromatic rings. The van der Waals surface area contributed by atoms with E-state index in [-0.39, 0.29) is 6.10 Å². The Morgan fingerprint density at radius 2 is 2.00 bits per heavy atom. The summed E-state index contributed by atoms with van der Waals surface area (Å²) in [5.41, 5.74) is 0. The van der Waals surface area contributed by atoms with Crippen LogP contribution in [0.2, 0.25) is 0 Å². The van der Waals surface area contributed by atoms with Gasteiger partial charge in [-0.25, -0.2) is 8.78 Å². The first-order valence-corrected chi connectivity index (χ1v) is 6.47. The second kappa shape index (κ2) is 6.14. The molecule has 1 saturated carbocycles. The van der Waals surface area contributed by atoms with E-state index in [1.54, 1.807) is 0 Å². The zero-order chi connectivity index (χ0) is 13.0. The van der Waals surface area contributed by atoms with Crippen molar-refractivity contribution in [3.63, 3.8) is 0 Å². The summed E-state index contributed by atoms with van der Waals surface area (Å²) in [4.78, 5) is 0. The highest BCUT2D eigenvalue weighted by molar-refractivity contribution is 5.24. The Labute approximate surface area is 106 Å². The molecule has 1 aliphatic rings. The lowest BCUT2D eigenvalue weighted by Gasteiger charge is -2.31. The zero-order valence-corrected chi connectivity index (χ0v) is 10.6. The molecule has 2 atom stereocenters. The molecule has 0 saturated heterocycles. The first-order chi connectivity index (χ1) is 8.70. The summed E-state index contributed by atoms with van der Waals surface area (Å²) in [5, 5.41) is 3.16. The Bertz CT molecular complexity index is 395. The van der Waals surface area contributed by atoms with E-state index in [9.17, 15) is 8.78 Å². The topological polar surface area (TPSA) is 21.3 Å². The Balaban J connectivity index is 2.03. The summed E-state index contributed by atoms with van der Waals surface area (Å²) in [6, 6.07) is 3.73. The van der Waals surface area contributed by atoms with Crippen molar-refractivity contribution in [1.29, 1.82) is 0 Å². The number of benzene rings is 1. The van der Waals surface area contributed by atoms with Crippen LogP contribution in [0.3, 0.4) is 0 Å². The van der Waals surface area contributed by atoms with Gasteiger partial charge < -0.3 is 10.1 Å². The largest absolute Gasteiger partial charge is 0.490 e. The average molecular weight is 255 g/mol. The second-order valence-electron chi connectivity index (χ2n) is 4.83. The predicted molar refractivity (Wildman–Crippen MR) is 66.7 cm³/mol. The van der Waals surface area contributed by atoms with Crippen LogP contribution in [0.1, 0.15) is 25.7 Å². The molecule has 0 spiro atoms. The molecule has 0 bridgehead atoms. The molecule has 0 heterocycles. The molecular weight excluding hydrogens is 236 g/mol. The Hall–Kier alpha value is -1.16. The van der Waals surface area contributed by atoms with E-state index in [0.717, 1.165) is 37.9 Å². The summed E-state index contributed by atoms with van der Waals surface area (Å²) >= 11 is 0. The molecule has 2 nitrogen and oxygen atoms in total. The smallest absolute Gasteiger partial charge is 0.162 e. The molecule has 0 radical (unpaired) electrons. The van der Waals surface area contributed by atoms with Gasteiger partial charge >= 0.3 is 0 Å². The number of hydrogen-bond acceptors (Lipinski definition) is 2. The highest BCUT2D eigenvalue weighted by Gasteiger charge is 2.26. The molecule has 1 aliphatic carbocycles. The Kier molecular flexibility index (Phi) is 4.53. The number of ether oxygens (including phenoxy) is 1. The van der Waals surface area contributed by atoms with Crippen LogP contribution >= 0.6 is 0 Å². The van der Waals surface area contributed by atoms with Crippen molar-refractivity contribution in [1.82, 2.24) is 5.32 Å². The molecule has 0 aliphatic heterocycles. The highest BCUT2D eigenvalue weighted by Crippen LogP contribution is 2.28. The minimum absolute atomic E-state index is 0.0936. The summed E-state index contributed by atoms with van der Waals surface area (Å²) in [6.45, 7) is 0.897. The number of nitrogens with one attached hydrogen (secondary N) is 1. The van der Waals surface area contributed by atoms with Crippen molar-refractivity contribution in [2.45, 2.75) is 31.8 Å². The van der Waals surface area contributed by atoms with Crippen molar-refractivity contribution in [2.75, 3.05) is 13.6 Å². The van der Waals surface area contributed by atoms with Gasteiger partial charge in [-0.2, -0.15) is 0 Å².